The van der Waals surface area contributed by atoms with Crippen molar-refractivity contribution in [2.24, 2.45) is 0 Å². The summed E-state index contributed by atoms with van der Waals surface area (Å²) >= 11 is 9.06. The highest BCUT2D eigenvalue weighted by Gasteiger charge is 2.31. The maximum absolute atomic E-state index is 12.7. The molecule has 0 aliphatic heterocycles. The van der Waals surface area contributed by atoms with E-state index >= 15 is 0 Å². The van der Waals surface area contributed by atoms with Crippen LogP contribution in [0.5, 0.6) is 11.5 Å². The summed E-state index contributed by atoms with van der Waals surface area (Å²) in [5, 5.41) is -0.236. The largest absolute Gasteiger partial charge is 0.469 e. The Morgan fingerprint density at radius 1 is 1.14 bits per heavy atom. The minimum Gasteiger partial charge on any atom is -0.469 e. The molecule has 0 spiro atoms. The molecular formula is C18H13BrClF3O5. The zero-order chi connectivity index (χ0) is 20.9. The summed E-state index contributed by atoms with van der Waals surface area (Å²) in [6, 6.07) is 6.99. The molecule has 0 amide bonds. The Hall–Kier alpha value is -2.26. The van der Waals surface area contributed by atoms with Gasteiger partial charge in [0.2, 0.25) is 0 Å². The lowest BCUT2D eigenvalue weighted by molar-refractivity contribution is -0.141. The molecule has 0 aliphatic carbocycles. The first-order chi connectivity index (χ1) is 13.1. The molecule has 0 fully saturated rings. The van der Waals surface area contributed by atoms with Gasteiger partial charge in [-0.25, -0.2) is 4.79 Å². The van der Waals surface area contributed by atoms with E-state index in [1.165, 1.54) is 25.3 Å². The van der Waals surface area contributed by atoms with Crippen molar-refractivity contribution in [2.75, 3.05) is 13.7 Å². The molecule has 5 nitrogen and oxygen atoms in total. The second-order valence-electron chi connectivity index (χ2n) is 5.35. The van der Waals surface area contributed by atoms with Crippen LogP contribution in [-0.4, -0.2) is 25.7 Å². The molecule has 2 rings (SSSR count). The number of carbonyl (C=O) groups is 2. The van der Waals surface area contributed by atoms with E-state index in [2.05, 4.69) is 20.7 Å². The fraction of sp³-hybridized carbons (Fsp3) is 0.222. The van der Waals surface area contributed by atoms with Gasteiger partial charge in [0.25, 0.3) is 0 Å². The van der Waals surface area contributed by atoms with E-state index in [0.29, 0.717) is 4.47 Å². The van der Waals surface area contributed by atoms with Gasteiger partial charge in [0.15, 0.2) is 0 Å². The van der Waals surface area contributed by atoms with E-state index in [0.717, 1.165) is 18.2 Å². The zero-order valence-electron chi connectivity index (χ0n) is 14.3. The molecule has 0 aromatic heterocycles. The van der Waals surface area contributed by atoms with Crippen molar-refractivity contribution in [1.29, 1.82) is 0 Å². The molecule has 2 aromatic carbocycles. The van der Waals surface area contributed by atoms with Gasteiger partial charge in [-0.3, -0.25) is 4.79 Å². The van der Waals surface area contributed by atoms with Crippen LogP contribution in [0.3, 0.4) is 0 Å². The number of methoxy groups -OCH3 is 1. The van der Waals surface area contributed by atoms with E-state index in [4.69, 9.17) is 21.1 Å². The number of hydrogen-bond donors (Lipinski definition) is 0. The number of benzene rings is 2. The monoisotopic (exact) mass is 480 g/mol. The van der Waals surface area contributed by atoms with Crippen LogP contribution in [0.4, 0.5) is 13.2 Å². The molecule has 0 aliphatic rings. The summed E-state index contributed by atoms with van der Waals surface area (Å²) in [4.78, 5) is 23.2. The van der Waals surface area contributed by atoms with E-state index in [9.17, 15) is 22.8 Å². The summed E-state index contributed by atoms with van der Waals surface area (Å²) in [5.41, 5.74) is -0.805. The van der Waals surface area contributed by atoms with Crippen LogP contribution in [0.15, 0.2) is 40.9 Å². The molecule has 0 saturated heterocycles. The Balaban J connectivity index is 2.15. The molecule has 0 heterocycles. The lowest BCUT2D eigenvalue weighted by Crippen LogP contribution is -2.11. The number of halogens is 5. The fourth-order valence-electron chi connectivity index (χ4n) is 2.02. The second kappa shape index (κ2) is 9.29. The molecule has 0 radical (unpaired) electrons. The molecule has 150 valence electrons. The van der Waals surface area contributed by atoms with Crippen LogP contribution >= 0.6 is 27.5 Å². The van der Waals surface area contributed by atoms with Crippen molar-refractivity contribution in [3.8, 4) is 11.5 Å². The van der Waals surface area contributed by atoms with E-state index in [-0.39, 0.29) is 35.1 Å². The van der Waals surface area contributed by atoms with Gasteiger partial charge in [-0.15, -0.1) is 0 Å². The van der Waals surface area contributed by atoms with Crippen LogP contribution in [0.1, 0.15) is 22.3 Å². The Kier molecular flexibility index (Phi) is 7.31. The fourth-order valence-corrected chi connectivity index (χ4v) is 2.65. The van der Waals surface area contributed by atoms with Crippen LogP contribution in [0.25, 0.3) is 0 Å². The van der Waals surface area contributed by atoms with Crippen molar-refractivity contribution < 1.29 is 37.0 Å². The van der Waals surface area contributed by atoms with Crippen LogP contribution in [-0.2, 0) is 20.4 Å². The average molecular weight is 482 g/mol. The normalized spacial score (nSPS) is 11.1. The Bertz CT molecular complexity index is 886. The third kappa shape index (κ3) is 5.87. The van der Waals surface area contributed by atoms with E-state index in [1.54, 1.807) is 0 Å². The molecule has 28 heavy (non-hydrogen) atoms. The van der Waals surface area contributed by atoms with Crippen molar-refractivity contribution >= 4 is 39.5 Å². The predicted octanol–water partition coefficient (Wildman–Crippen LogP) is 5.63. The number of ether oxygens (including phenoxy) is 3. The molecule has 0 unspecified atom stereocenters. The summed E-state index contributed by atoms with van der Waals surface area (Å²) in [5.74, 6) is -1.10. The zero-order valence-corrected chi connectivity index (χ0v) is 16.7. The SMILES string of the molecule is COC(=O)CCOC(=O)c1cc(Oc2ccc(C(F)(F)F)cc2Cl)ccc1Br. The lowest BCUT2D eigenvalue weighted by atomic mass is 10.2. The summed E-state index contributed by atoms with van der Waals surface area (Å²) in [7, 11) is 1.22. The summed E-state index contributed by atoms with van der Waals surface area (Å²) in [6.07, 6.45) is -4.63. The Labute approximate surface area is 171 Å². The van der Waals surface area contributed by atoms with Gasteiger partial charge in [0.05, 0.1) is 29.7 Å². The highest BCUT2D eigenvalue weighted by atomic mass is 79.9. The third-order valence-electron chi connectivity index (χ3n) is 3.41. The van der Waals surface area contributed by atoms with Gasteiger partial charge >= 0.3 is 18.1 Å². The first kappa shape index (κ1) is 22.0. The molecule has 0 bridgehead atoms. The number of rotatable bonds is 6. The van der Waals surface area contributed by atoms with Crippen LogP contribution in [0, 0.1) is 0 Å². The quantitative estimate of drug-likeness (QED) is 0.500. The molecule has 0 saturated carbocycles. The van der Waals surface area contributed by atoms with Crippen molar-refractivity contribution in [2.45, 2.75) is 12.6 Å². The second-order valence-corrected chi connectivity index (χ2v) is 6.61. The number of hydrogen-bond acceptors (Lipinski definition) is 5. The Morgan fingerprint density at radius 3 is 2.46 bits per heavy atom. The van der Waals surface area contributed by atoms with Gasteiger partial charge in [-0.05, 0) is 52.3 Å². The average Bonchev–Trinajstić information content (AvgIpc) is 2.63. The van der Waals surface area contributed by atoms with Gasteiger partial charge in [-0.2, -0.15) is 13.2 Å². The maximum Gasteiger partial charge on any atom is 0.416 e. The molecule has 0 atom stereocenters. The standard InChI is InChI=1S/C18H13BrClF3O5/c1-26-16(24)6-7-27-17(25)12-9-11(3-4-13(12)19)28-15-5-2-10(8-14(15)20)18(21,22)23/h2-5,8-9H,6-7H2,1H3. The predicted molar refractivity (Wildman–Crippen MR) is 97.6 cm³/mol. The number of esters is 2. The topological polar surface area (TPSA) is 61.8 Å². The third-order valence-corrected chi connectivity index (χ3v) is 4.40. The number of carbonyl (C=O) groups excluding carboxylic acids is 2. The highest BCUT2D eigenvalue weighted by Crippen LogP contribution is 2.37. The minimum atomic E-state index is -4.53. The first-order valence-electron chi connectivity index (χ1n) is 7.70. The minimum absolute atomic E-state index is 0.0120. The van der Waals surface area contributed by atoms with Gasteiger partial charge in [-0.1, -0.05) is 11.6 Å². The van der Waals surface area contributed by atoms with Gasteiger partial charge in [0, 0.05) is 4.47 Å². The molecule has 2 aromatic rings. The van der Waals surface area contributed by atoms with Crippen molar-refractivity contribution in [3.05, 3.63) is 57.0 Å². The summed E-state index contributed by atoms with van der Waals surface area (Å²) in [6.45, 7) is -0.173. The first-order valence-corrected chi connectivity index (χ1v) is 8.87. The van der Waals surface area contributed by atoms with Crippen LogP contribution in [0.2, 0.25) is 5.02 Å². The Morgan fingerprint density at radius 2 is 1.86 bits per heavy atom. The van der Waals surface area contributed by atoms with E-state index in [1.807, 2.05) is 0 Å². The van der Waals surface area contributed by atoms with E-state index < -0.39 is 23.7 Å². The van der Waals surface area contributed by atoms with Crippen molar-refractivity contribution in [1.82, 2.24) is 0 Å². The molecule has 0 N–H and O–H groups in total. The van der Waals surface area contributed by atoms with Gasteiger partial charge < -0.3 is 14.2 Å². The van der Waals surface area contributed by atoms with Crippen molar-refractivity contribution in [3.63, 3.8) is 0 Å². The molecular weight excluding hydrogens is 469 g/mol. The summed E-state index contributed by atoms with van der Waals surface area (Å²) < 4.78 is 53.4. The van der Waals surface area contributed by atoms with Gasteiger partial charge in [0.1, 0.15) is 18.1 Å². The lowest BCUT2D eigenvalue weighted by Gasteiger charge is -2.12. The molecule has 10 heteroatoms. The number of alkyl halides is 3. The van der Waals surface area contributed by atoms with Crippen LogP contribution < -0.4 is 4.74 Å². The highest BCUT2D eigenvalue weighted by molar-refractivity contribution is 9.10. The maximum atomic E-state index is 12.7. The smallest absolute Gasteiger partial charge is 0.416 e.